The highest BCUT2D eigenvalue weighted by atomic mass is 16.8. The average molecular weight is 1300 g/mol. The number of hydrogen-bond acceptors (Lipinski definition) is 29. The molecule has 6 aliphatic heterocycles. The van der Waals surface area contributed by atoms with E-state index in [2.05, 4.69) is 6.92 Å². The lowest BCUT2D eigenvalue weighted by Gasteiger charge is -2.52. The summed E-state index contributed by atoms with van der Waals surface area (Å²) in [6, 6.07) is 0. The minimum absolute atomic E-state index is 0.0640. The first-order chi connectivity index (χ1) is 42.8. The quantitative estimate of drug-likeness (QED) is 0.0347. The van der Waals surface area contributed by atoms with Gasteiger partial charge in [-0.3, -0.25) is 14.4 Å². The number of fused-ring (bicyclic) bond motifs is 4. The van der Waals surface area contributed by atoms with Crippen LogP contribution < -0.4 is 0 Å². The number of carbonyl (C=O) groups is 4. The number of allylic oxidation sites excluding steroid dienone is 1. The smallest absolute Gasteiger partial charge is 0.333 e. The van der Waals surface area contributed by atoms with E-state index in [4.69, 9.17) is 66.3 Å². The van der Waals surface area contributed by atoms with Crippen LogP contribution in [-0.2, 0) is 85.5 Å². The van der Waals surface area contributed by atoms with Gasteiger partial charge < -0.3 is 122 Å². The van der Waals surface area contributed by atoms with Gasteiger partial charge in [0.2, 0.25) is 0 Å². The molecule has 0 aromatic rings. The number of hydrogen-bond donors (Lipinski definition) is 11. The molecule has 6 rings (SSSR count). The summed E-state index contributed by atoms with van der Waals surface area (Å²) in [6.07, 6.45) is -38.1. The van der Waals surface area contributed by atoms with Crippen LogP contribution in [-0.4, -0.2) is 266 Å². The maximum Gasteiger partial charge on any atom is 0.333 e. The lowest BCUT2D eigenvalue weighted by atomic mass is 9.94. The molecule has 0 aromatic heterocycles. The van der Waals surface area contributed by atoms with E-state index in [0.717, 1.165) is 51.4 Å². The third kappa shape index (κ3) is 19.3. The lowest BCUT2D eigenvalue weighted by molar-refractivity contribution is -0.413. The molecule has 0 radical (unpaired) electrons. The van der Waals surface area contributed by atoms with Crippen molar-refractivity contribution < 1.29 is 142 Å². The number of esters is 4. The zero-order valence-electron chi connectivity index (χ0n) is 53.1. The van der Waals surface area contributed by atoms with Gasteiger partial charge in [-0.05, 0) is 67.2 Å². The molecule has 6 heterocycles. The predicted octanol–water partition coefficient (Wildman–Crippen LogP) is -0.139. The van der Waals surface area contributed by atoms with Crippen LogP contribution in [0.5, 0.6) is 0 Å². The van der Waals surface area contributed by atoms with Crippen molar-refractivity contribution in [3.8, 4) is 0 Å². The van der Waals surface area contributed by atoms with Gasteiger partial charge in [-0.2, -0.15) is 0 Å². The fraction of sp³-hybridized carbons (Fsp3) is 0.902. The maximum absolute atomic E-state index is 14.4. The van der Waals surface area contributed by atoms with Gasteiger partial charge in [-0.1, -0.05) is 84.6 Å². The van der Waals surface area contributed by atoms with Crippen LogP contribution in [0.3, 0.4) is 0 Å². The van der Waals surface area contributed by atoms with Crippen LogP contribution in [0, 0.1) is 11.8 Å². The first-order valence-corrected chi connectivity index (χ1v) is 32.1. The molecular formula is C61H102O29. The Morgan fingerprint density at radius 3 is 1.78 bits per heavy atom. The molecule has 6 saturated heterocycles. The SMILES string of the molecule is C/C=C(\C)C(=O)O[C@@H]1[C@@H](O[C@@H]2O[C@H](CO)[C@@H](O)[C@H](O)[C@H]2O)[C@@H](OC(=O)[C@@H](C)[C@@H](C)O)[C@H](O[C@H]2[C@@H]3O[C@H]4[C@H](O[C@@H](CCCCC)CCCCCCCCCC(=O)O[C@H]5[C@H](O[C@H]2[C@H](O)[C@@H](CO)O3)O[C@H](CO)[C@@H](O)[C@@H]5OC(=O)[C@@H](C)CC)O[C@H](C)[C@@H](O)[C@@H]4O)O[C@H]1C. The highest BCUT2D eigenvalue weighted by molar-refractivity contribution is 5.87. The summed E-state index contributed by atoms with van der Waals surface area (Å²) in [5, 5.41) is 124. The van der Waals surface area contributed by atoms with Crippen LogP contribution >= 0.6 is 0 Å². The van der Waals surface area contributed by atoms with Crippen LogP contribution in [0.25, 0.3) is 0 Å². The molecule has 0 aliphatic carbocycles. The molecule has 90 heavy (non-hydrogen) atoms. The summed E-state index contributed by atoms with van der Waals surface area (Å²) in [5.41, 5.74) is 0.0640. The summed E-state index contributed by atoms with van der Waals surface area (Å²) in [5.74, 6) is -5.94. The molecule has 6 fully saturated rings. The van der Waals surface area contributed by atoms with Crippen molar-refractivity contribution in [2.45, 2.75) is 318 Å². The van der Waals surface area contributed by atoms with Gasteiger partial charge in [0, 0.05) is 12.0 Å². The largest absolute Gasteiger partial charge is 0.455 e. The van der Waals surface area contributed by atoms with Gasteiger partial charge in [0.15, 0.2) is 55.9 Å². The molecule has 29 nitrogen and oxygen atoms in total. The minimum atomic E-state index is -2.15. The van der Waals surface area contributed by atoms with Crippen molar-refractivity contribution in [1.82, 2.24) is 0 Å². The van der Waals surface area contributed by atoms with Crippen LogP contribution in [0.4, 0.5) is 0 Å². The summed E-state index contributed by atoms with van der Waals surface area (Å²) in [7, 11) is 0. The van der Waals surface area contributed by atoms with E-state index in [-0.39, 0.29) is 18.4 Å². The summed E-state index contributed by atoms with van der Waals surface area (Å²) >= 11 is 0. The topological polar surface area (TPSA) is 420 Å². The first kappa shape index (κ1) is 75.8. The zero-order valence-corrected chi connectivity index (χ0v) is 53.1. The molecule has 2 bridgehead atoms. The van der Waals surface area contributed by atoms with Crippen LogP contribution in [0.1, 0.15) is 152 Å². The number of aliphatic hydroxyl groups excluding tert-OH is 11. The summed E-state index contributed by atoms with van der Waals surface area (Å²) in [6.45, 7) is 10.8. The molecule has 0 unspecified atom stereocenters. The second-order valence-corrected chi connectivity index (χ2v) is 24.6. The zero-order chi connectivity index (χ0) is 66.3. The lowest BCUT2D eigenvalue weighted by Crippen LogP contribution is -2.69. The standard InChI is InChI=1S/C61H102O29/c1-10-13-19-22-34-23-20-17-15-14-16-18-21-24-38(66)83-51-47(85-55(75)29(5)12-3)41(69)36(26-63)81-60(51)87-48-42(70)37(27-64)82-61(88-49-44(72)39(67)32(8)77-58(49)79-34)52(48)90-59-53(86-56(76)30(6)31(7)65)50(46(33(9)78-59)84-54(74)28(4)11-2)89-57-45(73)43(71)40(68)35(25-62)80-57/h11,29-37,39-53,57-65,67-73H,10,12-27H2,1-9H3/b28-11+/t29-,30-,31+,32+,33-,34-,35+,36+,37+,39+,40+,41+,42+,43-,44-,45+,46-,47-,48-,49+,50+,51+,52+,53+,57-,58-,59-,60-,61-/m0/s1. The Kier molecular flexibility index (Phi) is 30.4. The molecule has 11 N–H and O–H groups in total. The van der Waals surface area contributed by atoms with E-state index < -0.39 is 221 Å². The number of ether oxygens (including phenoxy) is 14. The van der Waals surface area contributed by atoms with E-state index >= 15 is 0 Å². The average Bonchev–Trinajstić information content (AvgIpc) is 1.31. The first-order valence-electron chi connectivity index (χ1n) is 32.1. The molecule has 0 spiro atoms. The van der Waals surface area contributed by atoms with E-state index in [9.17, 15) is 75.3 Å². The fourth-order valence-corrected chi connectivity index (χ4v) is 11.5. The van der Waals surface area contributed by atoms with Crippen molar-refractivity contribution in [3.05, 3.63) is 11.6 Å². The third-order valence-corrected chi connectivity index (χ3v) is 17.9. The Bertz CT molecular complexity index is 2220. The molecular weight excluding hydrogens is 1200 g/mol. The van der Waals surface area contributed by atoms with Crippen molar-refractivity contribution in [2.75, 3.05) is 19.8 Å². The van der Waals surface area contributed by atoms with Crippen molar-refractivity contribution >= 4 is 23.9 Å². The Morgan fingerprint density at radius 2 is 1.14 bits per heavy atom. The van der Waals surface area contributed by atoms with Gasteiger partial charge in [0.1, 0.15) is 85.5 Å². The number of unbranched alkanes of at least 4 members (excludes halogenated alkanes) is 2. The van der Waals surface area contributed by atoms with E-state index in [1.807, 2.05) is 0 Å². The van der Waals surface area contributed by atoms with E-state index in [1.54, 1.807) is 20.8 Å². The minimum Gasteiger partial charge on any atom is -0.455 e. The van der Waals surface area contributed by atoms with Crippen LogP contribution in [0.15, 0.2) is 11.6 Å². The Hall–Kier alpha value is -3.22. The number of aliphatic hydroxyl groups is 11. The number of carbonyl (C=O) groups excluding carboxylic acids is 4. The van der Waals surface area contributed by atoms with Crippen molar-refractivity contribution in [2.24, 2.45) is 11.8 Å². The summed E-state index contributed by atoms with van der Waals surface area (Å²) in [4.78, 5) is 55.9. The fourth-order valence-electron chi connectivity index (χ4n) is 11.5. The third-order valence-electron chi connectivity index (χ3n) is 17.9. The highest BCUT2D eigenvalue weighted by Gasteiger charge is 2.60. The van der Waals surface area contributed by atoms with E-state index in [1.165, 1.54) is 40.7 Å². The molecule has 6 aliphatic rings. The van der Waals surface area contributed by atoms with Crippen molar-refractivity contribution in [1.29, 1.82) is 0 Å². The molecule has 29 atom stereocenters. The summed E-state index contributed by atoms with van der Waals surface area (Å²) < 4.78 is 88.6. The second-order valence-electron chi connectivity index (χ2n) is 24.6. The Morgan fingerprint density at radius 1 is 0.556 bits per heavy atom. The Balaban J connectivity index is 1.58. The molecule has 520 valence electrons. The predicted molar refractivity (Wildman–Crippen MR) is 307 cm³/mol. The molecule has 0 amide bonds. The van der Waals surface area contributed by atoms with Crippen molar-refractivity contribution in [3.63, 3.8) is 0 Å². The van der Waals surface area contributed by atoms with Crippen LogP contribution in [0.2, 0.25) is 0 Å². The number of rotatable bonds is 19. The van der Waals surface area contributed by atoms with Gasteiger partial charge >= 0.3 is 23.9 Å². The van der Waals surface area contributed by atoms with Gasteiger partial charge in [0.05, 0.1) is 56.1 Å². The van der Waals surface area contributed by atoms with Gasteiger partial charge in [-0.15, -0.1) is 0 Å². The van der Waals surface area contributed by atoms with Gasteiger partial charge in [0.25, 0.3) is 0 Å². The monoisotopic (exact) mass is 1300 g/mol. The van der Waals surface area contributed by atoms with E-state index in [0.29, 0.717) is 25.7 Å². The Labute approximate surface area is 525 Å². The maximum atomic E-state index is 14.4. The molecule has 0 aromatic carbocycles. The molecule has 0 saturated carbocycles. The van der Waals surface area contributed by atoms with Gasteiger partial charge in [-0.25, -0.2) is 4.79 Å². The highest BCUT2D eigenvalue weighted by Crippen LogP contribution is 2.40. The molecule has 29 heteroatoms. The normalized spacial score (nSPS) is 41.6. The second kappa shape index (κ2) is 36.0.